The van der Waals surface area contributed by atoms with Crippen molar-refractivity contribution in [2.24, 2.45) is 5.92 Å². The molecule has 1 aromatic carbocycles. The summed E-state index contributed by atoms with van der Waals surface area (Å²) in [4.78, 5) is 20.8. The topological polar surface area (TPSA) is 36.4 Å². The molecule has 1 amide bonds. The van der Waals surface area contributed by atoms with E-state index >= 15 is 0 Å². The minimum atomic E-state index is -0.290. The summed E-state index contributed by atoms with van der Waals surface area (Å²) in [6, 6.07) is 10.3. The van der Waals surface area contributed by atoms with Crippen LogP contribution in [-0.4, -0.2) is 47.4 Å². The van der Waals surface area contributed by atoms with Gasteiger partial charge in [0.05, 0.1) is 6.42 Å². The molecule has 0 N–H and O–H groups in total. The fourth-order valence-corrected chi connectivity index (χ4v) is 3.45. The van der Waals surface area contributed by atoms with Crippen molar-refractivity contribution in [2.45, 2.75) is 19.4 Å². The molecule has 4 nitrogen and oxygen atoms in total. The van der Waals surface area contributed by atoms with Crippen LogP contribution in [-0.2, 0) is 17.8 Å². The largest absolute Gasteiger partial charge is 0.342 e. The predicted octanol–water partition coefficient (Wildman–Crippen LogP) is 2.74. The molecule has 0 bridgehead atoms. The van der Waals surface area contributed by atoms with E-state index in [0.29, 0.717) is 5.92 Å². The van der Waals surface area contributed by atoms with E-state index in [4.69, 9.17) is 0 Å². The highest BCUT2D eigenvalue weighted by molar-refractivity contribution is 5.79. The fourth-order valence-electron chi connectivity index (χ4n) is 3.45. The molecule has 1 fully saturated rings. The van der Waals surface area contributed by atoms with E-state index in [2.05, 4.69) is 23.0 Å². The van der Waals surface area contributed by atoms with E-state index < -0.39 is 0 Å². The van der Waals surface area contributed by atoms with Crippen molar-refractivity contribution in [3.8, 4) is 0 Å². The lowest BCUT2D eigenvalue weighted by molar-refractivity contribution is -0.129. The fraction of sp³-hybridized carbons (Fsp3) is 0.400. The quantitative estimate of drug-likeness (QED) is 0.811. The predicted molar refractivity (Wildman–Crippen MR) is 95.4 cm³/mol. The Balaban J connectivity index is 1.47. The van der Waals surface area contributed by atoms with Crippen LogP contribution in [0.25, 0.3) is 0 Å². The number of benzene rings is 1. The Morgan fingerprint density at radius 3 is 2.92 bits per heavy atom. The summed E-state index contributed by atoms with van der Waals surface area (Å²) >= 11 is 0. The molecule has 0 saturated carbocycles. The minimum Gasteiger partial charge on any atom is -0.342 e. The molecule has 0 radical (unpaired) electrons. The zero-order valence-corrected chi connectivity index (χ0v) is 14.6. The Labute approximate surface area is 148 Å². The Morgan fingerprint density at radius 2 is 2.16 bits per heavy atom. The number of hydrogen-bond donors (Lipinski definition) is 0. The summed E-state index contributed by atoms with van der Waals surface area (Å²) in [7, 11) is 2.10. The number of halogens is 1. The maximum absolute atomic E-state index is 13.2. The first kappa shape index (κ1) is 17.5. The number of aromatic nitrogens is 1. The summed E-state index contributed by atoms with van der Waals surface area (Å²) in [6.07, 6.45) is 4.96. The second kappa shape index (κ2) is 8.21. The van der Waals surface area contributed by atoms with Gasteiger partial charge in [-0.05, 0) is 48.7 Å². The molecule has 5 heteroatoms. The molecule has 1 aliphatic heterocycles. The van der Waals surface area contributed by atoms with E-state index in [1.54, 1.807) is 18.3 Å². The van der Waals surface area contributed by atoms with Crippen molar-refractivity contribution in [3.63, 3.8) is 0 Å². The average Bonchev–Trinajstić information content (AvgIpc) is 3.04. The molecule has 25 heavy (non-hydrogen) atoms. The van der Waals surface area contributed by atoms with Gasteiger partial charge in [-0.1, -0.05) is 18.2 Å². The van der Waals surface area contributed by atoms with Crippen LogP contribution >= 0.6 is 0 Å². The normalized spacial score (nSPS) is 17.2. The Kier molecular flexibility index (Phi) is 5.76. The van der Waals surface area contributed by atoms with E-state index in [9.17, 15) is 9.18 Å². The highest BCUT2D eigenvalue weighted by Gasteiger charge is 2.27. The third-order valence-electron chi connectivity index (χ3n) is 4.63. The monoisotopic (exact) mass is 341 g/mol. The second-order valence-corrected chi connectivity index (χ2v) is 6.86. The maximum atomic E-state index is 13.2. The third-order valence-corrected chi connectivity index (χ3v) is 4.63. The van der Waals surface area contributed by atoms with E-state index in [1.807, 2.05) is 17.2 Å². The van der Waals surface area contributed by atoms with Crippen molar-refractivity contribution in [2.75, 3.05) is 26.7 Å². The summed E-state index contributed by atoms with van der Waals surface area (Å²) in [5.41, 5.74) is 1.93. The number of carbonyl (C=O) groups excluding carboxylic acids is 1. The second-order valence-electron chi connectivity index (χ2n) is 6.86. The molecule has 0 aliphatic carbocycles. The molecular weight excluding hydrogens is 317 g/mol. The summed E-state index contributed by atoms with van der Waals surface area (Å²) < 4.78 is 13.2. The summed E-state index contributed by atoms with van der Waals surface area (Å²) in [5, 5.41) is 0. The Bertz CT molecular complexity index is 707. The minimum absolute atomic E-state index is 0.0861. The van der Waals surface area contributed by atoms with Gasteiger partial charge >= 0.3 is 0 Å². The molecule has 1 saturated heterocycles. The van der Waals surface area contributed by atoms with Gasteiger partial charge < -0.3 is 9.80 Å². The lowest BCUT2D eigenvalue weighted by Crippen LogP contribution is -2.32. The number of rotatable bonds is 6. The van der Waals surface area contributed by atoms with Gasteiger partial charge in [-0.25, -0.2) is 4.39 Å². The van der Waals surface area contributed by atoms with Crippen molar-refractivity contribution < 1.29 is 9.18 Å². The van der Waals surface area contributed by atoms with Crippen LogP contribution < -0.4 is 0 Å². The highest BCUT2D eigenvalue weighted by atomic mass is 19.1. The molecular formula is C20H24FN3O. The standard InChI is InChI=1S/C20H24FN3O/c1-23(13-17-5-3-8-22-12-17)14-18-7-9-24(15-18)20(25)11-16-4-2-6-19(21)10-16/h2-6,8,10,12,18H,7,9,11,13-15H2,1H3/t18-/m1/s1. The van der Waals surface area contributed by atoms with Crippen LogP contribution in [0.4, 0.5) is 4.39 Å². The SMILES string of the molecule is CN(Cc1cccnc1)C[C@H]1CCN(C(=O)Cc2cccc(F)c2)C1. The smallest absolute Gasteiger partial charge is 0.227 e. The third kappa shape index (κ3) is 5.10. The van der Waals surface area contributed by atoms with Crippen molar-refractivity contribution in [1.82, 2.24) is 14.8 Å². The van der Waals surface area contributed by atoms with Crippen molar-refractivity contribution in [3.05, 3.63) is 65.7 Å². The number of amides is 1. The summed E-state index contributed by atoms with van der Waals surface area (Å²) in [6.45, 7) is 3.39. The zero-order chi connectivity index (χ0) is 17.6. The van der Waals surface area contributed by atoms with Gasteiger partial charge in [0.2, 0.25) is 5.91 Å². The van der Waals surface area contributed by atoms with Gasteiger partial charge in [-0.2, -0.15) is 0 Å². The van der Waals surface area contributed by atoms with Crippen LogP contribution in [0.2, 0.25) is 0 Å². The van der Waals surface area contributed by atoms with Crippen LogP contribution in [0.5, 0.6) is 0 Å². The number of hydrogen-bond acceptors (Lipinski definition) is 3. The van der Waals surface area contributed by atoms with Gasteiger partial charge in [-0.15, -0.1) is 0 Å². The molecule has 1 aliphatic rings. The molecule has 132 valence electrons. The van der Waals surface area contributed by atoms with E-state index in [0.717, 1.165) is 38.2 Å². The molecule has 0 spiro atoms. The number of carbonyl (C=O) groups is 1. The lowest BCUT2D eigenvalue weighted by atomic mass is 10.1. The van der Waals surface area contributed by atoms with Gasteiger partial charge in [0.15, 0.2) is 0 Å². The van der Waals surface area contributed by atoms with Crippen LogP contribution in [0.15, 0.2) is 48.8 Å². The number of pyridine rings is 1. The van der Waals surface area contributed by atoms with Crippen molar-refractivity contribution in [1.29, 1.82) is 0 Å². The lowest BCUT2D eigenvalue weighted by Gasteiger charge is -2.21. The van der Waals surface area contributed by atoms with Gasteiger partial charge in [0.1, 0.15) is 5.82 Å². The number of likely N-dealkylation sites (tertiary alicyclic amines) is 1. The Morgan fingerprint density at radius 1 is 1.32 bits per heavy atom. The first-order chi connectivity index (χ1) is 12.1. The average molecular weight is 341 g/mol. The molecule has 2 heterocycles. The van der Waals surface area contributed by atoms with Gasteiger partial charge in [0.25, 0.3) is 0 Å². The van der Waals surface area contributed by atoms with E-state index in [1.165, 1.54) is 17.7 Å². The van der Waals surface area contributed by atoms with Crippen LogP contribution in [0.1, 0.15) is 17.5 Å². The Hall–Kier alpha value is -2.27. The first-order valence-electron chi connectivity index (χ1n) is 8.70. The molecule has 0 unspecified atom stereocenters. The first-order valence-corrected chi connectivity index (χ1v) is 8.70. The molecule has 1 atom stereocenters. The number of nitrogens with zero attached hydrogens (tertiary/aromatic N) is 3. The van der Waals surface area contributed by atoms with Crippen LogP contribution in [0, 0.1) is 11.7 Å². The van der Waals surface area contributed by atoms with E-state index in [-0.39, 0.29) is 18.1 Å². The maximum Gasteiger partial charge on any atom is 0.227 e. The molecule has 2 aromatic rings. The molecule has 1 aromatic heterocycles. The highest BCUT2D eigenvalue weighted by Crippen LogP contribution is 2.19. The zero-order valence-electron chi connectivity index (χ0n) is 14.6. The molecule has 3 rings (SSSR count). The van der Waals surface area contributed by atoms with Crippen molar-refractivity contribution >= 4 is 5.91 Å². The van der Waals surface area contributed by atoms with Gasteiger partial charge in [-0.3, -0.25) is 9.78 Å². The summed E-state index contributed by atoms with van der Waals surface area (Å²) in [5.74, 6) is 0.280. The van der Waals surface area contributed by atoms with Gasteiger partial charge in [0, 0.05) is 38.6 Å². The van der Waals surface area contributed by atoms with Crippen LogP contribution in [0.3, 0.4) is 0 Å².